The van der Waals surface area contributed by atoms with Gasteiger partial charge in [-0.15, -0.1) is 0 Å². The number of anilines is 1. The standard InChI is InChI=1S/C29H46N7O19P3S/c1-15(9-17(38)16(2)10-37)28(43)59-8-7-31-19(39)5-6-32-26(42)23(41)29(3,4)12-52-58(49,50)55-57(47,48)51-11-18-22(54-56(44,45)46)21(40)27(53-18)36-14-35-20-24(30)33-13-34-25(20)36/h9,13-14,16,18,21-23,27,37,40-41H,5-8,10-12H2,1-4H3,(H,31,39)(H,32,42)(H,47,48)(H,49,50)(H2,30,33,34)(H2,44,45,46)/t16?,18-,21-,22-,23+,27-/m1/s1. The van der Waals surface area contributed by atoms with Gasteiger partial charge >= 0.3 is 23.5 Å². The molecule has 0 aliphatic carbocycles. The maximum absolute atomic E-state index is 12.7. The van der Waals surface area contributed by atoms with Crippen LogP contribution in [0.15, 0.2) is 24.3 Å². The number of thioether (sulfide) groups is 1. The summed E-state index contributed by atoms with van der Waals surface area (Å²) >= 11 is 0.857. The number of aromatic nitrogens is 4. The number of phosphoric acid groups is 3. The molecular weight excluding hydrogens is 875 g/mol. The molecule has 0 aromatic carbocycles. The summed E-state index contributed by atoms with van der Waals surface area (Å²) in [5.74, 6) is -2.47. The minimum absolute atomic E-state index is 0.0191. The Bertz CT molecular complexity index is 2010. The van der Waals surface area contributed by atoms with Gasteiger partial charge in [0.05, 0.1) is 26.1 Å². The molecule has 0 radical (unpaired) electrons. The first-order chi connectivity index (χ1) is 27.3. The maximum atomic E-state index is 12.7. The lowest BCUT2D eigenvalue weighted by Gasteiger charge is -2.30. The summed E-state index contributed by atoms with van der Waals surface area (Å²) in [6.07, 6.45) is -5.96. The Kier molecular flexibility index (Phi) is 18.0. The van der Waals surface area contributed by atoms with Crippen molar-refractivity contribution in [3.05, 3.63) is 24.3 Å². The molecule has 332 valence electrons. The summed E-state index contributed by atoms with van der Waals surface area (Å²) in [7, 11) is -16.5. The van der Waals surface area contributed by atoms with E-state index >= 15 is 0 Å². The summed E-state index contributed by atoms with van der Waals surface area (Å²) in [5, 5.41) is 34.9. The summed E-state index contributed by atoms with van der Waals surface area (Å²) in [4.78, 5) is 99.7. The van der Waals surface area contributed by atoms with Crippen LogP contribution >= 0.6 is 35.2 Å². The molecule has 1 saturated heterocycles. The van der Waals surface area contributed by atoms with Gasteiger partial charge in [0.2, 0.25) is 16.9 Å². The molecular formula is C29H46N7O19P3S. The normalized spacial score (nSPS) is 22.0. The van der Waals surface area contributed by atoms with Crippen molar-refractivity contribution in [2.24, 2.45) is 11.3 Å². The van der Waals surface area contributed by atoms with Gasteiger partial charge in [-0.2, -0.15) is 4.31 Å². The first-order valence-corrected chi connectivity index (χ1v) is 22.7. The monoisotopic (exact) mass is 921 g/mol. The van der Waals surface area contributed by atoms with Gasteiger partial charge in [-0.05, 0) is 13.0 Å². The van der Waals surface area contributed by atoms with Crippen LogP contribution in [0.4, 0.5) is 5.82 Å². The van der Waals surface area contributed by atoms with Gasteiger partial charge in [0, 0.05) is 42.2 Å². The molecule has 3 rings (SSSR count). The molecule has 11 N–H and O–H groups in total. The minimum Gasteiger partial charge on any atom is -0.396 e. The Balaban J connectivity index is 1.47. The SMILES string of the molecule is CC(=CC(=O)C(C)CO)C(=O)SCCNC(=O)CCNC(=O)[C@H](O)C(C)(C)COP(=O)(O)OP(=O)(O)OC[C@H]1O[C@@H](n2cnc3c(N)ncnc32)[C@H](O)[C@@H]1OP(=O)(O)O. The van der Waals surface area contributed by atoms with Crippen molar-refractivity contribution in [1.29, 1.82) is 0 Å². The van der Waals surface area contributed by atoms with Crippen LogP contribution in [0.5, 0.6) is 0 Å². The third kappa shape index (κ3) is 15.1. The highest BCUT2D eigenvalue weighted by Crippen LogP contribution is 2.61. The van der Waals surface area contributed by atoms with Crippen LogP contribution in [0, 0.1) is 11.3 Å². The lowest BCUT2D eigenvalue weighted by molar-refractivity contribution is -0.137. The molecule has 0 spiro atoms. The van der Waals surface area contributed by atoms with Crippen LogP contribution in [-0.4, -0.2) is 140 Å². The van der Waals surface area contributed by atoms with Crippen molar-refractivity contribution < 1.29 is 90.4 Å². The van der Waals surface area contributed by atoms with E-state index in [1.165, 1.54) is 27.7 Å². The number of carbonyl (C=O) groups excluding carboxylic acids is 4. The number of aliphatic hydroxyl groups is 3. The molecule has 3 heterocycles. The number of nitrogens with zero attached hydrogens (tertiary/aromatic N) is 4. The zero-order valence-corrected chi connectivity index (χ0v) is 35.3. The van der Waals surface area contributed by atoms with Gasteiger partial charge < -0.3 is 56.0 Å². The predicted octanol–water partition coefficient (Wildman–Crippen LogP) is -1.19. The van der Waals surface area contributed by atoms with E-state index in [-0.39, 0.29) is 54.4 Å². The highest BCUT2D eigenvalue weighted by Gasteiger charge is 2.50. The van der Waals surface area contributed by atoms with E-state index in [9.17, 15) is 62.7 Å². The molecule has 0 bridgehead atoms. The molecule has 1 aliphatic rings. The number of ketones is 1. The molecule has 1 aliphatic heterocycles. The number of nitrogen functional groups attached to an aromatic ring is 1. The largest absolute Gasteiger partial charge is 0.481 e. The van der Waals surface area contributed by atoms with Gasteiger partial charge in [0.15, 0.2) is 23.5 Å². The van der Waals surface area contributed by atoms with E-state index in [2.05, 4.69) is 34.4 Å². The second-order valence-electron chi connectivity index (χ2n) is 13.5. The fourth-order valence-corrected chi connectivity index (χ4v) is 8.40. The second-order valence-corrected chi connectivity index (χ2v) is 18.8. The van der Waals surface area contributed by atoms with E-state index in [0.29, 0.717) is 0 Å². The zero-order chi connectivity index (χ0) is 44.5. The first kappa shape index (κ1) is 50.3. The molecule has 1 fully saturated rings. The molecule has 26 nitrogen and oxygen atoms in total. The molecule has 2 aromatic heterocycles. The number of phosphoric ester groups is 3. The highest BCUT2D eigenvalue weighted by atomic mass is 32.2. The van der Waals surface area contributed by atoms with Crippen molar-refractivity contribution in [3.8, 4) is 0 Å². The van der Waals surface area contributed by atoms with Crippen LogP contribution in [0.2, 0.25) is 0 Å². The Morgan fingerprint density at radius 1 is 1.07 bits per heavy atom. The summed E-state index contributed by atoms with van der Waals surface area (Å²) < 4.78 is 62.1. The van der Waals surface area contributed by atoms with E-state index in [0.717, 1.165) is 35.1 Å². The predicted molar refractivity (Wildman–Crippen MR) is 202 cm³/mol. The van der Waals surface area contributed by atoms with Crippen molar-refractivity contribution in [2.45, 2.75) is 64.8 Å². The quantitative estimate of drug-likeness (QED) is 0.0356. The number of fused-ring (bicyclic) bond motifs is 1. The summed E-state index contributed by atoms with van der Waals surface area (Å²) in [5.41, 5.74) is 4.38. The number of imidazole rings is 1. The van der Waals surface area contributed by atoms with E-state index < -0.39 is 101 Å². The van der Waals surface area contributed by atoms with Crippen molar-refractivity contribution in [2.75, 3.05) is 44.4 Å². The Hall–Kier alpha value is -3.07. The fourth-order valence-electron chi connectivity index (χ4n) is 4.89. The third-order valence-electron chi connectivity index (χ3n) is 8.18. The number of aliphatic hydroxyl groups excluding tert-OH is 3. The number of allylic oxidation sites excluding steroid dienone is 1. The van der Waals surface area contributed by atoms with E-state index in [1.807, 2.05) is 0 Å². The molecule has 59 heavy (non-hydrogen) atoms. The topological polar surface area (TPSA) is 401 Å². The van der Waals surface area contributed by atoms with Crippen LogP contribution in [0.1, 0.15) is 40.3 Å². The van der Waals surface area contributed by atoms with Crippen LogP contribution in [0.25, 0.3) is 11.2 Å². The zero-order valence-electron chi connectivity index (χ0n) is 31.8. The lowest BCUT2D eigenvalue weighted by Crippen LogP contribution is -2.46. The van der Waals surface area contributed by atoms with Gasteiger partial charge in [0.1, 0.15) is 36.3 Å². The van der Waals surface area contributed by atoms with Gasteiger partial charge in [0.25, 0.3) is 0 Å². The highest BCUT2D eigenvalue weighted by molar-refractivity contribution is 8.14. The van der Waals surface area contributed by atoms with E-state index in [1.54, 1.807) is 0 Å². The number of ether oxygens (including phenoxy) is 1. The average Bonchev–Trinajstić information content (AvgIpc) is 3.70. The molecule has 8 atom stereocenters. The summed E-state index contributed by atoms with van der Waals surface area (Å²) in [6.45, 7) is 2.80. The Morgan fingerprint density at radius 2 is 1.73 bits per heavy atom. The van der Waals surface area contributed by atoms with Crippen LogP contribution in [0.3, 0.4) is 0 Å². The Morgan fingerprint density at radius 3 is 2.37 bits per heavy atom. The number of hydrogen-bond acceptors (Lipinski definition) is 20. The number of carbonyl (C=O) groups is 4. The van der Waals surface area contributed by atoms with Crippen molar-refractivity contribution >= 4 is 74.9 Å². The van der Waals surface area contributed by atoms with Crippen molar-refractivity contribution in [1.82, 2.24) is 30.2 Å². The minimum atomic E-state index is -5.59. The maximum Gasteiger partial charge on any atom is 0.481 e. The smallest absolute Gasteiger partial charge is 0.396 e. The number of nitrogens with two attached hydrogens (primary N) is 1. The molecule has 3 unspecified atom stereocenters. The molecule has 0 saturated carbocycles. The van der Waals surface area contributed by atoms with E-state index in [4.69, 9.17) is 24.6 Å². The number of amides is 2. The number of rotatable bonds is 23. The van der Waals surface area contributed by atoms with Gasteiger partial charge in [-0.1, -0.05) is 32.5 Å². The Labute approximate surface area is 339 Å². The van der Waals surface area contributed by atoms with Gasteiger partial charge in [-0.3, -0.25) is 37.3 Å². The van der Waals surface area contributed by atoms with Gasteiger partial charge in [-0.25, -0.2) is 28.6 Å². The molecule has 2 amide bonds. The first-order valence-electron chi connectivity index (χ1n) is 17.2. The number of nitrogens with one attached hydrogen (secondary N) is 2. The van der Waals surface area contributed by atoms with Crippen molar-refractivity contribution in [3.63, 3.8) is 0 Å². The van der Waals surface area contributed by atoms with Crippen LogP contribution < -0.4 is 16.4 Å². The van der Waals surface area contributed by atoms with Crippen LogP contribution in [-0.2, 0) is 55.5 Å². The lowest BCUT2D eigenvalue weighted by atomic mass is 9.87. The summed E-state index contributed by atoms with van der Waals surface area (Å²) in [6, 6.07) is 0. The molecule has 2 aromatic rings. The third-order valence-corrected chi connectivity index (χ3v) is 12.3. The fraction of sp³-hybridized carbons (Fsp3) is 0.621. The number of hydrogen-bond donors (Lipinski definition) is 10. The molecule has 30 heteroatoms. The average molecular weight is 922 g/mol. The second kappa shape index (κ2) is 21.1.